The number of thiophene rings is 1. The summed E-state index contributed by atoms with van der Waals surface area (Å²) in [5.74, 6) is 0.680. The fourth-order valence-electron chi connectivity index (χ4n) is 2.18. The number of carbonyl (C=O) groups excluding carboxylic acids is 1. The van der Waals surface area contributed by atoms with Gasteiger partial charge in [0.15, 0.2) is 5.78 Å². The van der Waals surface area contributed by atoms with Crippen LogP contribution in [0, 0.1) is 0 Å². The number of rotatable bonds is 6. The van der Waals surface area contributed by atoms with Gasteiger partial charge in [-0.2, -0.15) is 0 Å². The number of hydrogen-bond acceptors (Lipinski definition) is 3. The van der Waals surface area contributed by atoms with E-state index in [1.54, 1.807) is 24.3 Å². The SMILES string of the molecule is O=C(C=Cc1ccccc1OCc1ccccc1)c1ccc(Cl)s1. The molecule has 0 aliphatic carbocycles. The summed E-state index contributed by atoms with van der Waals surface area (Å²) in [4.78, 5) is 12.8. The van der Waals surface area contributed by atoms with Crippen LogP contribution in [0.15, 0.2) is 72.8 Å². The third-order valence-electron chi connectivity index (χ3n) is 3.39. The summed E-state index contributed by atoms with van der Waals surface area (Å²) in [5, 5.41) is 0. The van der Waals surface area contributed by atoms with Gasteiger partial charge in [0.1, 0.15) is 12.4 Å². The van der Waals surface area contributed by atoms with E-state index in [1.165, 1.54) is 11.3 Å². The molecule has 0 aliphatic heterocycles. The van der Waals surface area contributed by atoms with E-state index in [0.29, 0.717) is 15.8 Å². The Morgan fingerprint density at radius 1 is 1.00 bits per heavy atom. The Labute approximate surface area is 150 Å². The summed E-state index contributed by atoms with van der Waals surface area (Å²) in [7, 11) is 0. The van der Waals surface area contributed by atoms with Gasteiger partial charge in [0.05, 0.1) is 9.21 Å². The van der Waals surface area contributed by atoms with Gasteiger partial charge in [-0.1, -0.05) is 60.1 Å². The smallest absolute Gasteiger partial charge is 0.195 e. The molecule has 4 heteroatoms. The zero-order chi connectivity index (χ0) is 16.8. The molecule has 3 aromatic rings. The van der Waals surface area contributed by atoms with Crippen LogP contribution >= 0.6 is 22.9 Å². The van der Waals surface area contributed by atoms with E-state index in [4.69, 9.17) is 16.3 Å². The second-order valence-electron chi connectivity index (χ2n) is 5.11. The maximum atomic E-state index is 12.1. The number of ether oxygens (including phenoxy) is 1. The minimum Gasteiger partial charge on any atom is -0.488 e. The standard InChI is InChI=1S/C20H15ClO2S/c21-20-13-12-19(24-20)17(22)11-10-16-8-4-5-9-18(16)23-14-15-6-2-1-3-7-15/h1-13H,14H2. The molecule has 0 fully saturated rings. The van der Waals surface area contributed by atoms with Crippen LogP contribution in [0.2, 0.25) is 4.34 Å². The maximum absolute atomic E-state index is 12.1. The van der Waals surface area contributed by atoms with Crippen LogP contribution in [0.4, 0.5) is 0 Å². The molecule has 0 saturated carbocycles. The minimum absolute atomic E-state index is 0.0650. The van der Waals surface area contributed by atoms with E-state index in [-0.39, 0.29) is 5.78 Å². The van der Waals surface area contributed by atoms with Gasteiger partial charge in [0, 0.05) is 5.56 Å². The van der Waals surface area contributed by atoms with Crippen LogP contribution in [0.5, 0.6) is 5.75 Å². The highest BCUT2D eigenvalue weighted by Gasteiger charge is 2.06. The fraction of sp³-hybridized carbons (Fsp3) is 0.0500. The van der Waals surface area contributed by atoms with Crippen LogP contribution in [0.1, 0.15) is 20.8 Å². The van der Waals surface area contributed by atoms with Crippen LogP contribution in [0.25, 0.3) is 6.08 Å². The summed E-state index contributed by atoms with van der Waals surface area (Å²) < 4.78 is 6.49. The predicted molar refractivity (Wildman–Crippen MR) is 99.9 cm³/mol. The highest BCUT2D eigenvalue weighted by Crippen LogP contribution is 2.24. The fourth-order valence-corrected chi connectivity index (χ4v) is 3.14. The quantitative estimate of drug-likeness (QED) is 0.408. The highest BCUT2D eigenvalue weighted by atomic mass is 35.5. The van der Waals surface area contributed by atoms with E-state index in [2.05, 4.69) is 0 Å². The average molecular weight is 355 g/mol. The Morgan fingerprint density at radius 3 is 2.50 bits per heavy atom. The molecule has 0 radical (unpaired) electrons. The molecule has 1 heterocycles. The molecule has 0 saturated heterocycles. The van der Waals surface area contributed by atoms with Crippen LogP contribution in [-0.4, -0.2) is 5.78 Å². The van der Waals surface area contributed by atoms with Gasteiger partial charge in [-0.3, -0.25) is 4.79 Å². The lowest BCUT2D eigenvalue weighted by molar-refractivity contribution is 0.105. The number of halogens is 1. The van der Waals surface area contributed by atoms with Crippen LogP contribution in [-0.2, 0) is 6.61 Å². The molecule has 0 aliphatic rings. The summed E-state index contributed by atoms with van der Waals surface area (Å²) in [6, 6.07) is 21.1. The molecule has 0 bridgehead atoms. The summed E-state index contributed by atoms with van der Waals surface area (Å²) in [6.45, 7) is 0.486. The Hall–Kier alpha value is -2.36. The third kappa shape index (κ3) is 4.34. The normalized spacial score (nSPS) is 10.9. The zero-order valence-electron chi connectivity index (χ0n) is 12.8. The number of allylic oxidation sites excluding steroid dienone is 1. The maximum Gasteiger partial charge on any atom is 0.195 e. The van der Waals surface area contributed by atoms with Gasteiger partial charge in [-0.25, -0.2) is 0 Å². The summed E-state index contributed by atoms with van der Waals surface area (Å²) in [6.07, 6.45) is 3.32. The summed E-state index contributed by atoms with van der Waals surface area (Å²) >= 11 is 7.14. The zero-order valence-corrected chi connectivity index (χ0v) is 14.4. The first-order valence-corrected chi connectivity index (χ1v) is 8.65. The molecule has 1 aromatic heterocycles. The molecule has 2 aromatic carbocycles. The molecular formula is C20H15ClO2S. The number of hydrogen-bond donors (Lipinski definition) is 0. The van der Waals surface area contributed by atoms with Crippen molar-refractivity contribution in [2.75, 3.05) is 0 Å². The van der Waals surface area contributed by atoms with Gasteiger partial charge >= 0.3 is 0 Å². The van der Waals surface area contributed by atoms with Gasteiger partial charge in [-0.05, 0) is 35.9 Å². The second kappa shape index (κ2) is 7.95. The van der Waals surface area contributed by atoms with Gasteiger partial charge < -0.3 is 4.74 Å². The summed E-state index contributed by atoms with van der Waals surface area (Å²) in [5.41, 5.74) is 1.96. The molecule has 24 heavy (non-hydrogen) atoms. The van der Waals surface area contributed by atoms with E-state index in [1.807, 2.05) is 54.6 Å². The first-order chi connectivity index (χ1) is 11.7. The van der Waals surface area contributed by atoms with Crippen molar-refractivity contribution >= 4 is 34.8 Å². The molecule has 0 unspecified atom stereocenters. The Bertz CT molecular complexity index is 853. The first kappa shape index (κ1) is 16.5. The Kier molecular flexibility index (Phi) is 5.47. The Morgan fingerprint density at radius 2 is 1.75 bits per heavy atom. The van der Waals surface area contributed by atoms with Gasteiger partial charge in [-0.15, -0.1) is 11.3 Å². The molecule has 120 valence electrons. The molecule has 3 rings (SSSR count). The van der Waals surface area contributed by atoms with Crippen molar-refractivity contribution in [3.8, 4) is 5.75 Å². The van der Waals surface area contributed by atoms with Crippen molar-refractivity contribution in [3.05, 3.63) is 93.1 Å². The number of ketones is 1. The van der Waals surface area contributed by atoms with Crippen LogP contribution in [0.3, 0.4) is 0 Å². The largest absolute Gasteiger partial charge is 0.488 e. The van der Waals surface area contributed by atoms with Crippen molar-refractivity contribution in [2.24, 2.45) is 0 Å². The minimum atomic E-state index is -0.0650. The highest BCUT2D eigenvalue weighted by molar-refractivity contribution is 7.18. The Balaban J connectivity index is 1.72. The lowest BCUT2D eigenvalue weighted by Crippen LogP contribution is -1.97. The van der Waals surface area contributed by atoms with E-state index in [9.17, 15) is 4.79 Å². The van der Waals surface area contributed by atoms with Crippen molar-refractivity contribution in [1.82, 2.24) is 0 Å². The topological polar surface area (TPSA) is 26.3 Å². The van der Waals surface area contributed by atoms with Gasteiger partial charge in [0.2, 0.25) is 0 Å². The van der Waals surface area contributed by atoms with E-state index >= 15 is 0 Å². The molecule has 0 atom stereocenters. The average Bonchev–Trinajstić information content (AvgIpc) is 3.06. The van der Waals surface area contributed by atoms with Crippen molar-refractivity contribution in [2.45, 2.75) is 6.61 Å². The van der Waals surface area contributed by atoms with Crippen molar-refractivity contribution in [1.29, 1.82) is 0 Å². The first-order valence-electron chi connectivity index (χ1n) is 7.46. The molecular weight excluding hydrogens is 340 g/mol. The van der Waals surface area contributed by atoms with Crippen LogP contribution < -0.4 is 4.74 Å². The number of para-hydroxylation sites is 1. The van der Waals surface area contributed by atoms with E-state index < -0.39 is 0 Å². The lowest BCUT2D eigenvalue weighted by Gasteiger charge is -2.09. The second-order valence-corrected chi connectivity index (χ2v) is 6.83. The van der Waals surface area contributed by atoms with Crippen molar-refractivity contribution < 1.29 is 9.53 Å². The molecule has 0 spiro atoms. The lowest BCUT2D eigenvalue weighted by atomic mass is 10.1. The van der Waals surface area contributed by atoms with Crippen molar-refractivity contribution in [3.63, 3.8) is 0 Å². The molecule has 0 amide bonds. The molecule has 0 N–H and O–H groups in total. The predicted octanol–water partition coefficient (Wildman–Crippen LogP) is 5.88. The number of benzene rings is 2. The number of carbonyl (C=O) groups is 1. The van der Waals surface area contributed by atoms with E-state index in [0.717, 1.165) is 16.9 Å². The monoisotopic (exact) mass is 354 g/mol. The van der Waals surface area contributed by atoms with Gasteiger partial charge in [0.25, 0.3) is 0 Å². The molecule has 2 nitrogen and oxygen atoms in total. The third-order valence-corrected chi connectivity index (χ3v) is 4.63.